The summed E-state index contributed by atoms with van der Waals surface area (Å²) in [5.74, 6) is 2.91. The van der Waals surface area contributed by atoms with E-state index in [9.17, 15) is 0 Å². The molecule has 1 aromatic rings. The van der Waals surface area contributed by atoms with Crippen molar-refractivity contribution in [2.45, 2.75) is 50.5 Å². The summed E-state index contributed by atoms with van der Waals surface area (Å²) in [4.78, 5) is 0. The van der Waals surface area contributed by atoms with Gasteiger partial charge in [0.15, 0.2) is 0 Å². The molecule has 0 spiro atoms. The first-order valence-corrected chi connectivity index (χ1v) is 7.38. The van der Waals surface area contributed by atoms with Crippen molar-refractivity contribution < 1.29 is 0 Å². The van der Waals surface area contributed by atoms with Crippen LogP contribution in [0.3, 0.4) is 0 Å². The Morgan fingerprint density at radius 3 is 2.33 bits per heavy atom. The van der Waals surface area contributed by atoms with E-state index in [2.05, 4.69) is 16.5 Å². The van der Waals surface area contributed by atoms with Crippen LogP contribution in [0.5, 0.6) is 0 Å². The number of nitrogens with two attached hydrogens (primary N) is 1. The molecule has 4 aliphatic rings. The second-order valence-corrected chi connectivity index (χ2v) is 6.85. The monoisotopic (exact) mass is 246 g/mol. The van der Waals surface area contributed by atoms with Crippen molar-refractivity contribution in [3.8, 4) is 0 Å². The van der Waals surface area contributed by atoms with Gasteiger partial charge in [-0.05, 0) is 56.3 Å². The lowest BCUT2D eigenvalue weighted by molar-refractivity contribution is -0.00725. The Bertz CT molecular complexity index is 415. The van der Waals surface area contributed by atoms with Gasteiger partial charge in [0.1, 0.15) is 0 Å². The van der Waals surface area contributed by atoms with Crippen molar-refractivity contribution in [3.05, 3.63) is 11.9 Å². The maximum Gasteiger partial charge on any atom is 0.0889 e. The van der Waals surface area contributed by atoms with E-state index in [0.717, 1.165) is 24.3 Å². The van der Waals surface area contributed by atoms with Crippen LogP contribution >= 0.6 is 0 Å². The molecule has 0 aliphatic heterocycles. The van der Waals surface area contributed by atoms with E-state index < -0.39 is 0 Å². The topological polar surface area (TPSA) is 56.7 Å². The van der Waals surface area contributed by atoms with Gasteiger partial charge in [-0.25, -0.2) is 0 Å². The molecule has 4 aliphatic carbocycles. The lowest BCUT2D eigenvalue weighted by Crippen LogP contribution is -2.48. The first-order chi connectivity index (χ1) is 8.77. The molecule has 1 heterocycles. The zero-order valence-electron chi connectivity index (χ0n) is 10.9. The molecule has 4 fully saturated rings. The second kappa shape index (κ2) is 3.80. The van der Waals surface area contributed by atoms with Crippen LogP contribution in [0, 0.1) is 17.8 Å². The number of hydrogen-bond acceptors (Lipinski definition) is 3. The fourth-order valence-corrected chi connectivity index (χ4v) is 5.21. The zero-order chi connectivity index (χ0) is 12.2. The summed E-state index contributed by atoms with van der Waals surface area (Å²) in [5.41, 5.74) is 7.22. The summed E-state index contributed by atoms with van der Waals surface area (Å²) >= 11 is 0. The number of nitrogens with zero attached hydrogens (tertiary/aromatic N) is 3. The summed E-state index contributed by atoms with van der Waals surface area (Å²) in [6, 6.07) is 0. The number of aromatic nitrogens is 3. The number of hydrogen-bond donors (Lipinski definition) is 1. The zero-order valence-corrected chi connectivity index (χ0v) is 10.9. The quantitative estimate of drug-likeness (QED) is 0.883. The smallest absolute Gasteiger partial charge is 0.0889 e. The van der Waals surface area contributed by atoms with Crippen LogP contribution in [0.15, 0.2) is 6.20 Å². The molecule has 0 radical (unpaired) electrons. The molecule has 18 heavy (non-hydrogen) atoms. The molecule has 0 aromatic carbocycles. The van der Waals surface area contributed by atoms with Crippen LogP contribution in [0.2, 0.25) is 0 Å². The summed E-state index contributed by atoms with van der Waals surface area (Å²) < 4.78 is 1.92. The van der Waals surface area contributed by atoms with Crippen LogP contribution in [0.25, 0.3) is 0 Å². The van der Waals surface area contributed by atoms with Gasteiger partial charge in [-0.1, -0.05) is 5.21 Å². The first-order valence-electron chi connectivity index (χ1n) is 7.38. The highest BCUT2D eigenvalue weighted by atomic mass is 15.4. The molecule has 0 amide bonds. The minimum Gasteiger partial charge on any atom is -0.329 e. The largest absolute Gasteiger partial charge is 0.329 e. The van der Waals surface area contributed by atoms with Gasteiger partial charge in [-0.3, -0.25) is 4.68 Å². The molecule has 1 aromatic heterocycles. The standard InChI is InChI=1S/C14H22N4/c15-1-2-18-9-13(16-17-18)14-6-10-3-11(7-14)5-12(4-10)8-14/h9-12H,1-8,15H2. The van der Waals surface area contributed by atoms with Crippen molar-refractivity contribution >= 4 is 0 Å². The Morgan fingerprint density at radius 2 is 1.78 bits per heavy atom. The van der Waals surface area contributed by atoms with Gasteiger partial charge in [0, 0.05) is 18.2 Å². The van der Waals surface area contributed by atoms with Crippen LogP contribution in [0.4, 0.5) is 0 Å². The maximum atomic E-state index is 5.59. The third-order valence-corrected chi connectivity index (χ3v) is 5.48. The molecule has 0 unspecified atom stereocenters. The minimum atomic E-state index is 0.377. The highest BCUT2D eigenvalue weighted by molar-refractivity contribution is 5.20. The molecular weight excluding hydrogens is 224 g/mol. The SMILES string of the molecule is NCCn1cc(C23CC4CC(CC(C4)C2)C3)nn1. The summed E-state index contributed by atoms with van der Waals surface area (Å²) in [6.07, 6.45) is 10.7. The molecule has 4 saturated carbocycles. The lowest BCUT2D eigenvalue weighted by atomic mass is 9.49. The molecule has 4 nitrogen and oxygen atoms in total. The Balaban J connectivity index is 1.66. The van der Waals surface area contributed by atoms with Gasteiger partial charge < -0.3 is 5.73 Å². The minimum absolute atomic E-state index is 0.377. The van der Waals surface area contributed by atoms with E-state index in [1.807, 2.05) is 4.68 Å². The van der Waals surface area contributed by atoms with E-state index in [1.165, 1.54) is 44.2 Å². The van der Waals surface area contributed by atoms with E-state index in [-0.39, 0.29) is 0 Å². The van der Waals surface area contributed by atoms with Crippen molar-refractivity contribution in [1.82, 2.24) is 15.0 Å². The predicted molar refractivity (Wildman–Crippen MR) is 68.9 cm³/mol. The molecule has 2 N–H and O–H groups in total. The maximum absolute atomic E-state index is 5.59. The van der Waals surface area contributed by atoms with Gasteiger partial charge in [0.2, 0.25) is 0 Å². The molecule has 4 bridgehead atoms. The Morgan fingerprint density at radius 1 is 1.17 bits per heavy atom. The van der Waals surface area contributed by atoms with Crippen molar-refractivity contribution in [2.24, 2.45) is 23.5 Å². The van der Waals surface area contributed by atoms with Gasteiger partial charge in [-0.2, -0.15) is 0 Å². The summed E-state index contributed by atoms with van der Waals surface area (Å²) in [7, 11) is 0. The predicted octanol–water partition coefficient (Wildman–Crippen LogP) is 1.70. The van der Waals surface area contributed by atoms with Crippen molar-refractivity contribution in [1.29, 1.82) is 0 Å². The lowest BCUT2D eigenvalue weighted by Gasteiger charge is -2.56. The van der Waals surface area contributed by atoms with Gasteiger partial charge >= 0.3 is 0 Å². The van der Waals surface area contributed by atoms with E-state index >= 15 is 0 Å². The highest BCUT2D eigenvalue weighted by Crippen LogP contribution is 2.60. The third kappa shape index (κ3) is 1.54. The van der Waals surface area contributed by atoms with Crippen LogP contribution in [0.1, 0.15) is 44.2 Å². The fourth-order valence-electron chi connectivity index (χ4n) is 5.21. The Hall–Kier alpha value is -0.900. The molecule has 0 atom stereocenters. The second-order valence-electron chi connectivity index (χ2n) is 6.85. The Labute approximate surface area is 108 Å². The van der Waals surface area contributed by atoms with Crippen LogP contribution < -0.4 is 5.73 Å². The first kappa shape index (κ1) is 11.0. The molecular formula is C14H22N4. The molecule has 0 saturated heterocycles. The van der Waals surface area contributed by atoms with E-state index in [0.29, 0.717) is 12.0 Å². The van der Waals surface area contributed by atoms with Crippen molar-refractivity contribution in [2.75, 3.05) is 6.54 Å². The summed E-state index contributed by atoms with van der Waals surface area (Å²) in [5, 5.41) is 8.73. The van der Waals surface area contributed by atoms with Gasteiger partial charge in [0.25, 0.3) is 0 Å². The third-order valence-electron chi connectivity index (χ3n) is 5.48. The van der Waals surface area contributed by atoms with E-state index in [1.54, 1.807) is 0 Å². The summed E-state index contributed by atoms with van der Waals surface area (Å²) in [6.45, 7) is 1.43. The molecule has 98 valence electrons. The Kier molecular flexibility index (Phi) is 2.31. The fraction of sp³-hybridized carbons (Fsp3) is 0.857. The van der Waals surface area contributed by atoms with Crippen molar-refractivity contribution in [3.63, 3.8) is 0 Å². The van der Waals surface area contributed by atoms with Crippen LogP contribution in [-0.2, 0) is 12.0 Å². The van der Waals surface area contributed by atoms with Crippen LogP contribution in [-0.4, -0.2) is 21.5 Å². The average Bonchev–Trinajstić information content (AvgIpc) is 2.77. The van der Waals surface area contributed by atoms with Gasteiger partial charge in [0.05, 0.1) is 12.2 Å². The molecule has 4 heteroatoms. The van der Waals surface area contributed by atoms with Gasteiger partial charge in [-0.15, -0.1) is 5.10 Å². The average molecular weight is 246 g/mol. The van der Waals surface area contributed by atoms with E-state index in [4.69, 9.17) is 5.73 Å². The normalized spacial score (nSPS) is 41.5. The highest BCUT2D eigenvalue weighted by Gasteiger charge is 2.52. The molecule has 5 rings (SSSR count). The number of rotatable bonds is 3.